The number of aromatic hydroxyl groups is 1. The molecule has 2 heterocycles. The molecule has 6 nitrogen and oxygen atoms in total. The Labute approximate surface area is 150 Å². The maximum Gasteiger partial charge on any atom is 0.220 e. The van der Waals surface area contributed by atoms with E-state index in [4.69, 9.17) is 10.5 Å². The predicted molar refractivity (Wildman–Crippen MR) is 99.9 cm³/mol. The van der Waals surface area contributed by atoms with Crippen LogP contribution < -0.4 is 10.5 Å². The Morgan fingerprint density at radius 2 is 2.04 bits per heavy atom. The molecule has 3 N–H and O–H groups in total. The van der Waals surface area contributed by atoms with Crippen LogP contribution in [0.1, 0.15) is 24.6 Å². The van der Waals surface area contributed by atoms with E-state index in [1.54, 1.807) is 19.4 Å². The molecule has 3 rings (SSSR count). The molecule has 25 heavy (non-hydrogen) atoms. The van der Waals surface area contributed by atoms with E-state index in [-0.39, 0.29) is 11.7 Å². The first-order chi connectivity index (χ1) is 12.0. The standard InChI is InChI=1S/C18H20N4O2S/c1-4-5-11-6-12(14(23)7-15(11)24-3)16-13(8-20-18(19)22-16)17-21-10(2)9-25-17/h6-9,23H,4-5H2,1-3H3,(H2,19,20,22). The first kappa shape index (κ1) is 17.2. The number of phenols is 1. The summed E-state index contributed by atoms with van der Waals surface area (Å²) in [6.45, 7) is 4.03. The van der Waals surface area contributed by atoms with Crippen LogP contribution in [0, 0.1) is 6.92 Å². The molecule has 0 atom stereocenters. The van der Waals surface area contributed by atoms with Crippen LogP contribution in [-0.2, 0) is 6.42 Å². The van der Waals surface area contributed by atoms with Crippen molar-refractivity contribution in [2.24, 2.45) is 0 Å². The second-order valence-electron chi connectivity index (χ2n) is 5.72. The molecule has 0 fully saturated rings. The number of benzene rings is 1. The van der Waals surface area contributed by atoms with E-state index in [0.29, 0.717) is 17.0 Å². The number of anilines is 1. The molecule has 0 spiro atoms. The van der Waals surface area contributed by atoms with Gasteiger partial charge in [0, 0.05) is 28.9 Å². The number of phenolic OH excluding ortho intramolecular Hbond substituents is 1. The van der Waals surface area contributed by atoms with E-state index < -0.39 is 0 Å². The molecule has 0 aliphatic rings. The lowest BCUT2D eigenvalue weighted by Gasteiger charge is -2.14. The molecular weight excluding hydrogens is 336 g/mol. The molecule has 3 aromatic rings. The Hall–Kier alpha value is -2.67. The smallest absolute Gasteiger partial charge is 0.220 e. The number of aromatic nitrogens is 3. The van der Waals surface area contributed by atoms with E-state index in [1.807, 2.05) is 18.4 Å². The fraction of sp³-hybridized carbons (Fsp3) is 0.278. The number of hydrogen-bond donors (Lipinski definition) is 2. The van der Waals surface area contributed by atoms with Gasteiger partial charge in [-0.25, -0.2) is 15.0 Å². The van der Waals surface area contributed by atoms with Gasteiger partial charge in [0.15, 0.2) is 0 Å². The van der Waals surface area contributed by atoms with Crippen LogP contribution in [0.4, 0.5) is 5.95 Å². The van der Waals surface area contributed by atoms with Crippen LogP contribution in [0.15, 0.2) is 23.7 Å². The highest BCUT2D eigenvalue weighted by Gasteiger charge is 2.19. The minimum absolute atomic E-state index is 0.0873. The van der Waals surface area contributed by atoms with Crippen molar-refractivity contribution in [1.82, 2.24) is 15.0 Å². The normalized spacial score (nSPS) is 10.8. The van der Waals surface area contributed by atoms with Crippen LogP contribution in [-0.4, -0.2) is 27.2 Å². The van der Waals surface area contributed by atoms with Crippen molar-refractivity contribution in [3.8, 4) is 33.3 Å². The second kappa shape index (κ2) is 7.06. The van der Waals surface area contributed by atoms with Crippen molar-refractivity contribution in [1.29, 1.82) is 0 Å². The van der Waals surface area contributed by atoms with Gasteiger partial charge in [0.05, 0.1) is 18.4 Å². The summed E-state index contributed by atoms with van der Waals surface area (Å²) in [6, 6.07) is 3.53. The van der Waals surface area contributed by atoms with E-state index in [1.165, 1.54) is 11.3 Å². The van der Waals surface area contributed by atoms with Crippen LogP contribution in [0.3, 0.4) is 0 Å². The topological polar surface area (TPSA) is 94.2 Å². The quantitative estimate of drug-likeness (QED) is 0.721. The van der Waals surface area contributed by atoms with Gasteiger partial charge in [0.1, 0.15) is 16.5 Å². The van der Waals surface area contributed by atoms with E-state index in [2.05, 4.69) is 21.9 Å². The molecule has 130 valence electrons. The average Bonchev–Trinajstić information content (AvgIpc) is 3.02. The van der Waals surface area contributed by atoms with Gasteiger partial charge in [-0.1, -0.05) is 13.3 Å². The van der Waals surface area contributed by atoms with Crippen molar-refractivity contribution in [2.75, 3.05) is 12.8 Å². The van der Waals surface area contributed by atoms with Crippen LogP contribution in [0.5, 0.6) is 11.5 Å². The van der Waals surface area contributed by atoms with Crippen LogP contribution in [0.2, 0.25) is 0 Å². The lowest BCUT2D eigenvalue weighted by molar-refractivity contribution is 0.403. The zero-order valence-electron chi connectivity index (χ0n) is 14.4. The monoisotopic (exact) mass is 356 g/mol. The summed E-state index contributed by atoms with van der Waals surface area (Å²) < 4.78 is 5.38. The summed E-state index contributed by atoms with van der Waals surface area (Å²) in [4.78, 5) is 13.0. The molecule has 0 aliphatic heterocycles. The number of thiazole rings is 1. The number of rotatable bonds is 5. The summed E-state index contributed by atoms with van der Waals surface area (Å²) in [5, 5.41) is 13.3. The third-order valence-electron chi connectivity index (χ3n) is 3.83. The van der Waals surface area contributed by atoms with Gasteiger partial charge in [0.2, 0.25) is 5.95 Å². The largest absolute Gasteiger partial charge is 0.507 e. The number of nitrogen functional groups attached to an aromatic ring is 1. The number of ether oxygens (including phenoxy) is 1. The molecule has 0 radical (unpaired) electrons. The number of hydrogen-bond acceptors (Lipinski definition) is 7. The maximum absolute atomic E-state index is 10.5. The van der Waals surface area contributed by atoms with Crippen molar-refractivity contribution >= 4 is 17.3 Å². The number of methoxy groups -OCH3 is 1. The van der Waals surface area contributed by atoms with Gasteiger partial charge in [-0.05, 0) is 25.0 Å². The first-order valence-corrected chi connectivity index (χ1v) is 8.86. The van der Waals surface area contributed by atoms with E-state index in [9.17, 15) is 5.11 Å². The fourth-order valence-corrected chi connectivity index (χ4v) is 3.50. The number of aryl methyl sites for hydroxylation is 2. The first-order valence-electron chi connectivity index (χ1n) is 7.98. The summed E-state index contributed by atoms with van der Waals surface area (Å²) in [6.07, 6.45) is 3.45. The average molecular weight is 356 g/mol. The molecule has 0 amide bonds. The summed E-state index contributed by atoms with van der Waals surface area (Å²) in [5.74, 6) is 0.903. The van der Waals surface area contributed by atoms with Gasteiger partial charge in [0.25, 0.3) is 0 Å². The lowest BCUT2D eigenvalue weighted by atomic mass is 10.00. The number of nitrogens with zero attached hydrogens (tertiary/aromatic N) is 3. The van der Waals surface area contributed by atoms with Gasteiger partial charge in [-0.15, -0.1) is 11.3 Å². The predicted octanol–water partition coefficient (Wildman–Crippen LogP) is 3.82. The van der Waals surface area contributed by atoms with Gasteiger partial charge >= 0.3 is 0 Å². The molecular formula is C18H20N4O2S. The van der Waals surface area contributed by atoms with Crippen LogP contribution >= 0.6 is 11.3 Å². The van der Waals surface area contributed by atoms with Gasteiger partial charge in [-0.3, -0.25) is 0 Å². The molecule has 7 heteroatoms. The summed E-state index contributed by atoms with van der Waals surface area (Å²) in [5.41, 5.74) is 9.65. The Kier molecular flexibility index (Phi) is 4.85. The molecule has 0 saturated heterocycles. The molecule has 0 unspecified atom stereocenters. The molecule has 0 saturated carbocycles. The fourth-order valence-electron chi connectivity index (χ4n) is 2.69. The highest BCUT2D eigenvalue weighted by atomic mass is 32.1. The maximum atomic E-state index is 10.5. The Morgan fingerprint density at radius 3 is 2.68 bits per heavy atom. The highest BCUT2D eigenvalue weighted by molar-refractivity contribution is 7.13. The Bertz CT molecular complexity index is 908. The van der Waals surface area contributed by atoms with Crippen molar-refractivity contribution in [3.63, 3.8) is 0 Å². The van der Waals surface area contributed by atoms with Gasteiger partial charge in [-0.2, -0.15) is 0 Å². The van der Waals surface area contributed by atoms with Crippen molar-refractivity contribution < 1.29 is 9.84 Å². The molecule has 2 aromatic heterocycles. The lowest BCUT2D eigenvalue weighted by Crippen LogP contribution is -2.00. The van der Waals surface area contributed by atoms with Gasteiger partial charge < -0.3 is 15.6 Å². The molecule has 0 aliphatic carbocycles. The van der Waals surface area contributed by atoms with E-state index in [0.717, 1.165) is 34.7 Å². The second-order valence-corrected chi connectivity index (χ2v) is 6.57. The third kappa shape index (κ3) is 3.41. The van der Waals surface area contributed by atoms with Crippen LogP contribution in [0.25, 0.3) is 21.8 Å². The molecule has 0 bridgehead atoms. The Balaban J connectivity index is 2.22. The van der Waals surface area contributed by atoms with Crippen molar-refractivity contribution in [3.05, 3.63) is 35.0 Å². The SMILES string of the molecule is CCCc1cc(-c2nc(N)ncc2-c2nc(C)cs2)c(O)cc1OC. The Morgan fingerprint density at radius 1 is 1.24 bits per heavy atom. The highest BCUT2D eigenvalue weighted by Crippen LogP contribution is 2.40. The van der Waals surface area contributed by atoms with E-state index >= 15 is 0 Å². The zero-order chi connectivity index (χ0) is 18.0. The number of nitrogens with two attached hydrogens (primary N) is 1. The molecule has 1 aromatic carbocycles. The summed E-state index contributed by atoms with van der Waals surface area (Å²) in [7, 11) is 1.60. The van der Waals surface area contributed by atoms with Crippen molar-refractivity contribution in [2.45, 2.75) is 26.7 Å². The minimum atomic E-state index is 0.0873. The summed E-state index contributed by atoms with van der Waals surface area (Å²) >= 11 is 1.51. The zero-order valence-corrected chi connectivity index (χ0v) is 15.2. The third-order valence-corrected chi connectivity index (χ3v) is 4.82. The minimum Gasteiger partial charge on any atom is -0.507 e.